The van der Waals surface area contributed by atoms with Crippen LogP contribution in [0.4, 0.5) is 0 Å². The van der Waals surface area contributed by atoms with Crippen LogP contribution < -0.4 is 4.74 Å². The smallest absolute Gasteiger partial charge is 0.126 e. The van der Waals surface area contributed by atoms with Crippen molar-refractivity contribution in [1.82, 2.24) is 4.90 Å². The summed E-state index contributed by atoms with van der Waals surface area (Å²) in [4.78, 5) is 2.32. The van der Waals surface area contributed by atoms with Crippen molar-refractivity contribution in [2.24, 2.45) is 0 Å². The molecule has 0 heterocycles. The maximum Gasteiger partial charge on any atom is 0.126 e. The van der Waals surface area contributed by atoms with E-state index in [4.69, 9.17) is 4.74 Å². The van der Waals surface area contributed by atoms with E-state index >= 15 is 0 Å². The first-order valence-corrected chi connectivity index (χ1v) is 7.13. The minimum atomic E-state index is 0.938. The Balaban J connectivity index is 0.000000196. The molecule has 2 heteroatoms. The van der Waals surface area contributed by atoms with Crippen LogP contribution in [0.3, 0.4) is 0 Å². The van der Waals surface area contributed by atoms with Crippen LogP contribution in [-0.2, 0) is 0 Å². The second kappa shape index (κ2) is 8.61. The molecule has 2 aliphatic rings. The SMILES string of the molecule is CCCC#CCN(CC)CC.COc1ccc2cc1-2. The Morgan fingerprint density at radius 3 is 2.21 bits per heavy atom. The topological polar surface area (TPSA) is 12.5 Å². The number of nitrogens with zero attached hydrogens (tertiary/aromatic N) is 1. The predicted molar refractivity (Wildman–Crippen MR) is 82.5 cm³/mol. The van der Waals surface area contributed by atoms with E-state index in [2.05, 4.69) is 49.6 Å². The maximum absolute atomic E-state index is 5.01. The molecule has 2 nitrogen and oxygen atoms in total. The molecule has 0 bridgehead atoms. The molecular weight excluding hydrogens is 234 g/mol. The summed E-state index contributed by atoms with van der Waals surface area (Å²) in [5, 5.41) is 0. The summed E-state index contributed by atoms with van der Waals surface area (Å²) in [6.45, 7) is 9.66. The molecule has 0 aromatic heterocycles. The largest absolute Gasteiger partial charge is 0.496 e. The molecule has 104 valence electrons. The van der Waals surface area contributed by atoms with Crippen LogP contribution in [-0.4, -0.2) is 31.6 Å². The third kappa shape index (κ3) is 5.36. The summed E-state index contributed by atoms with van der Waals surface area (Å²) in [6, 6.07) is 6.16. The van der Waals surface area contributed by atoms with Crippen molar-refractivity contribution in [3.05, 3.63) is 18.2 Å². The molecular formula is C17H25NO. The number of benzene rings is 1. The Hall–Kier alpha value is -1.46. The Morgan fingerprint density at radius 2 is 1.84 bits per heavy atom. The van der Waals surface area contributed by atoms with Gasteiger partial charge in [0.15, 0.2) is 0 Å². The average Bonchev–Trinajstić information content (AvgIpc) is 3.12. The van der Waals surface area contributed by atoms with Gasteiger partial charge in [-0.2, -0.15) is 0 Å². The lowest BCUT2D eigenvalue weighted by Crippen LogP contribution is -2.22. The van der Waals surface area contributed by atoms with Gasteiger partial charge >= 0.3 is 0 Å². The summed E-state index contributed by atoms with van der Waals surface area (Å²) >= 11 is 0. The fourth-order valence-electron chi connectivity index (χ4n) is 1.73. The van der Waals surface area contributed by atoms with Gasteiger partial charge in [0.05, 0.1) is 13.7 Å². The number of methoxy groups -OCH3 is 1. The molecule has 0 radical (unpaired) electrons. The fourth-order valence-corrected chi connectivity index (χ4v) is 1.73. The highest BCUT2D eigenvalue weighted by atomic mass is 16.5. The van der Waals surface area contributed by atoms with E-state index in [1.54, 1.807) is 7.11 Å². The first-order valence-electron chi connectivity index (χ1n) is 7.13. The Bertz CT molecular complexity index is 438. The lowest BCUT2D eigenvalue weighted by Gasteiger charge is -2.13. The fraction of sp³-hybridized carbons (Fsp3) is 0.529. The van der Waals surface area contributed by atoms with Crippen LogP contribution in [0, 0.1) is 11.8 Å². The van der Waals surface area contributed by atoms with Gasteiger partial charge in [0.2, 0.25) is 0 Å². The highest BCUT2D eigenvalue weighted by Crippen LogP contribution is 2.43. The zero-order chi connectivity index (χ0) is 14.1. The van der Waals surface area contributed by atoms with E-state index in [9.17, 15) is 0 Å². The summed E-state index contributed by atoms with van der Waals surface area (Å²) < 4.78 is 5.01. The van der Waals surface area contributed by atoms with Gasteiger partial charge in [-0.3, -0.25) is 4.90 Å². The standard InChI is InChI=1S/C10H19N.C7H6O/c1-4-7-8-9-10-11(5-2)6-3;1-8-7-3-2-5-4-6(5)7/h4-7,10H2,1-3H3;2-4H,1H3. The summed E-state index contributed by atoms with van der Waals surface area (Å²) in [5.41, 5.74) is 2.62. The van der Waals surface area contributed by atoms with Gasteiger partial charge in [-0.15, -0.1) is 5.92 Å². The Labute approximate surface area is 117 Å². The number of hydrogen-bond acceptors (Lipinski definition) is 2. The van der Waals surface area contributed by atoms with Gasteiger partial charge < -0.3 is 4.74 Å². The average molecular weight is 259 g/mol. The van der Waals surface area contributed by atoms with Gasteiger partial charge in [-0.1, -0.05) is 32.8 Å². The number of rotatable bonds is 5. The van der Waals surface area contributed by atoms with Crippen LogP contribution in [0.15, 0.2) is 18.2 Å². The summed E-state index contributed by atoms with van der Waals surface area (Å²) in [5.74, 6) is 7.32. The summed E-state index contributed by atoms with van der Waals surface area (Å²) in [7, 11) is 1.70. The highest BCUT2D eigenvalue weighted by Gasteiger charge is 2.16. The quantitative estimate of drug-likeness (QED) is 0.757. The number of ether oxygens (including phenoxy) is 1. The first kappa shape index (κ1) is 15.6. The summed E-state index contributed by atoms with van der Waals surface area (Å²) in [6.07, 6.45) is 2.21. The van der Waals surface area contributed by atoms with Crippen LogP contribution in [0.2, 0.25) is 0 Å². The molecule has 2 aliphatic carbocycles. The van der Waals surface area contributed by atoms with Crippen LogP contribution in [0.25, 0.3) is 11.1 Å². The van der Waals surface area contributed by atoms with Gasteiger partial charge in [-0.25, -0.2) is 0 Å². The molecule has 0 aromatic carbocycles. The van der Waals surface area contributed by atoms with Crippen molar-refractivity contribution in [2.45, 2.75) is 33.6 Å². The van der Waals surface area contributed by atoms with Crippen LogP contribution in [0.1, 0.15) is 33.6 Å². The van der Waals surface area contributed by atoms with Crippen molar-refractivity contribution in [1.29, 1.82) is 0 Å². The maximum atomic E-state index is 5.01. The third-order valence-electron chi connectivity index (χ3n) is 3.12. The lowest BCUT2D eigenvalue weighted by molar-refractivity contribution is 0.342. The van der Waals surface area contributed by atoms with Gasteiger partial charge in [0.25, 0.3) is 0 Å². The molecule has 0 saturated carbocycles. The molecule has 0 amide bonds. The van der Waals surface area contributed by atoms with Crippen molar-refractivity contribution < 1.29 is 4.74 Å². The minimum Gasteiger partial charge on any atom is -0.496 e. The molecule has 19 heavy (non-hydrogen) atoms. The van der Waals surface area contributed by atoms with Crippen LogP contribution >= 0.6 is 0 Å². The van der Waals surface area contributed by atoms with E-state index in [1.165, 1.54) is 17.5 Å². The molecule has 0 atom stereocenters. The number of fused-ring (bicyclic) bond motifs is 1. The molecule has 0 aromatic rings. The van der Waals surface area contributed by atoms with E-state index in [0.717, 1.165) is 31.8 Å². The van der Waals surface area contributed by atoms with Gasteiger partial charge in [0, 0.05) is 12.0 Å². The zero-order valence-electron chi connectivity index (χ0n) is 12.6. The van der Waals surface area contributed by atoms with E-state index in [-0.39, 0.29) is 0 Å². The van der Waals surface area contributed by atoms with Crippen molar-refractivity contribution in [2.75, 3.05) is 26.7 Å². The Morgan fingerprint density at radius 1 is 1.11 bits per heavy atom. The first-order chi connectivity index (χ1) is 9.26. The molecule has 0 saturated heterocycles. The second-order valence-electron chi connectivity index (χ2n) is 4.48. The second-order valence-corrected chi connectivity index (χ2v) is 4.48. The van der Waals surface area contributed by atoms with E-state index < -0.39 is 0 Å². The molecule has 0 aliphatic heterocycles. The predicted octanol–water partition coefficient (Wildman–Crippen LogP) is 3.81. The van der Waals surface area contributed by atoms with E-state index in [0.29, 0.717) is 0 Å². The molecule has 0 fully saturated rings. The van der Waals surface area contributed by atoms with Gasteiger partial charge in [-0.05, 0) is 37.2 Å². The molecule has 0 spiro atoms. The normalized spacial score (nSPS) is 10.2. The lowest BCUT2D eigenvalue weighted by atomic mass is 10.3. The van der Waals surface area contributed by atoms with Gasteiger partial charge in [0.1, 0.15) is 5.75 Å². The molecule has 0 N–H and O–H groups in total. The minimum absolute atomic E-state index is 0.938. The number of unbranched alkanes of at least 4 members (excludes halogenated alkanes) is 1. The molecule has 2 rings (SSSR count). The van der Waals surface area contributed by atoms with Crippen LogP contribution in [0.5, 0.6) is 5.75 Å². The third-order valence-corrected chi connectivity index (χ3v) is 3.12. The Kier molecular flexibility index (Phi) is 7.07. The van der Waals surface area contributed by atoms with E-state index in [1.807, 2.05) is 6.07 Å². The van der Waals surface area contributed by atoms with Crippen molar-refractivity contribution in [3.63, 3.8) is 0 Å². The number of hydrogen-bond donors (Lipinski definition) is 0. The molecule has 0 unspecified atom stereocenters. The zero-order valence-corrected chi connectivity index (χ0v) is 12.6. The van der Waals surface area contributed by atoms with Crippen molar-refractivity contribution >= 4 is 0 Å². The highest BCUT2D eigenvalue weighted by molar-refractivity contribution is 5.87. The monoisotopic (exact) mass is 259 g/mol. The van der Waals surface area contributed by atoms with Crippen molar-refractivity contribution in [3.8, 4) is 28.7 Å².